The van der Waals surface area contributed by atoms with Crippen molar-refractivity contribution in [3.05, 3.63) is 35.9 Å². The molecular formula is C29H47NO5. The van der Waals surface area contributed by atoms with E-state index in [2.05, 4.69) is 26.0 Å². The first kappa shape index (κ1) is 30.7. The molecule has 1 aromatic carbocycles. The van der Waals surface area contributed by atoms with E-state index in [4.69, 9.17) is 15.2 Å². The van der Waals surface area contributed by atoms with Crippen molar-refractivity contribution in [2.24, 2.45) is 23.0 Å². The number of benzene rings is 1. The number of esters is 2. The van der Waals surface area contributed by atoms with Crippen LogP contribution in [0.2, 0.25) is 0 Å². The molecule has 0 aliphatic carbocycles. The number of methoxy groups -OCH3 is 1. The first-order valence-corrected chi connectivity index (χ1v) is 13.2. The molecule has 6 heteroatoms. The van der Waals surface area contributed by atoms with E-state index in [-0.39, 0.29) is 36.8 Å². The SMILES string of the molecule is CCCCCC(CC)OC(=O)C(CC(C)C(N)=O)CC(C)(CC(CC)c1ccccc1)C(=O)OC. The van der Waals surface area contributed by atoms with Crippen molar-refractivity contribution in [1.82, 2.24) is 0 Å². The summed E-state index contributed by atoms with van der Waals surface area (Å²) in [5, 5.41) is 0. The van der Waals surface area contributed by atoms with Gasteiger partial charge in [0.1, 0.15) is 6.10 Å². The highest BCUT2D eigenvalue weighted by atomic mass is 16.5. The van der Waals surface area contributed by atoms with Crippen LogP contribution in [0.25, 0.3) is 0 Å². The van der Waals surface area contributed by atoms with E-state index in [1.54, 1.807) is 6.92 Å². The number of carbonyl (C=O) groups is 3. The van der Waals surface area contributed by atoms with Gasteiger partial charge in [0, 0.05) is 5.92 Å². The summed E-state index contributed by atoms with van der Waals surface area (Å²) in [6, 6.07) is 10.1. The van der Waals surface area contributed by atoms with Gasteiger partial charge in [0.05, 0.1) is 18.4 Å². The normalized spacial score (nSPS) is 16.4. The fourth-order valence-electron chi connectivity index (χ4n) is 4.84. The first-order valence-electron chi connectivity index (χ1n) is 13.2. The molecule has 0 aliphatic heterocycles. The van der Waals surface area contributed by atoms with Crippen molar-refractivity contribution >= 4 is 17.8 Å². The van der Waals surface area contributed by atoms with Gasteiger partial charge < -0.3 is 15.2 Å². The number of carbonyl (C=O) groups excluding carboxylic acids is 3. The van der Waals surface area contributed by atoms with Crippen molar-refractivity contribution in [1.29, 1.82) is 0 Å². The largest absolute Gasteiger partial charge is 0.469 e. The number of nitrogens with two attached hydrogens (primary N) is 1. The van der Waals surface area contributed by atoms with Gasteiger partial charge in [-0.1, -0.05) is 70.9 Å². The van der Waals surface area contributed by atoms with Crippen LogP contribution in [-0.4, -0.2) is 31.1 Å². The average molecular weight is 490 g/mol. The summed E-state index contributed by atoms with van der Waals surface area (Å²) >= 11 is 0. The molecule has 0 aromatic heterocycles. The van der Waals surface area contributed by atoms with Crippen LogP contribution in [0, 0.1) is 17.3 Å². The summed E-state index contributed by atoms with van der Waals surface area (Å²) in [6.07, 6.45) is 6.43. The Morgan fingerprint density at radius 3 is 2.17 bits per heavy atom. The minimum Gasteiger partial charge on any atom is -0.469 e. The molecule has 198 valence electrons. The highest BCUT2D eigenvalue weighted by Crippen LogP contribution is 2.41. The maximum absolute atomic E-state index is 13.4. The van der Waals surface area contributed by atoms with Gasteiger partial charge in [0.25, 0.3) is 0 Å². The van der Waals surface area contributed by atoms with Gasteiger partial charge in [-0.05, 0) is 63.4 Å². The van der Waals surface area contributed by atoms with Crippen LogP contribution in [-0.2, 0) is 23.9 Å². The monoisotopic (exact) mass is 489 g/mol. The third kappa shape index (κ3) is 10.0. The molecular weight excluding hydrogens is 442 g/mol. The van der Waals surface area contributed by atoms with Gasteiger partial charge in [-0.2, -0.15) is 0 Å². The average Bonchev–Trinajstić information content (AvgIpc) is 2.86. The van der Waals surface area contributed by atoms with Gasteiger partial charge in [0.15, 0.2) is 0 Å². The zero-order chi connectivity index (χ0) is 26.4. The number of hydrogen-bond acceptors (Lipinski definition) is 5. The van der Waals surface area contributed by atoms with E-state index >= 15 is 0 Å². The molecule has 1 amide bonds. The predicted molar refractivity (Wildman–Crippen MR) is 140 cm³/mol. The van der Waals surface area contributed by atoms with Gasteiger partial charge in [-0.25, -0.2) is 0 Å². The summed E-state index contributed by atoms with van der Waals surface area (Å²) in [4.78, 5) is 38.3. The highest BCUT2D eigenvalue weighted by molar-refractivity contribution is 5.80. The van der Waals surface area contributed by atoms with E-state index in [0.29, 0.717) is 6.42 Å². The van der Waals surface area contributed by atoms with Crippen LogP contribution < -0.4 is 5.73 Å². The molecule has 0 spiro atoms. The number of hydrogen-bond donors (Lipinski definition) is 1. The third-order valence-corrected chi connectivity index (χ3v) is 7.16. The lowest BCUT2D eigenvalue weighted by Crippen LogP contribution is -2.38. The van der Waals surface area contributed by atoms with Crippen LogP contribution in [0.4, 0.5) is 0 Å². The second-order valence-corrected chi connectivity index (χ2v) is 10.2. The zero-order valence-electron chi connectivity index (χ0n) is 22.7. The highest BCUT2D eigenvalue weighted by Gasteiger charge is 2.42. The zero-order valence-corrected chi connectivity index (χ0v) is 22.7. The molecule has 1 aromatic rings. The standard InChI is InChI=1S/C29H47NO5/c1-7-10-12-17-25(9-3)35-27(32)24(18-21(4)26(30)31)20-29(5,28(33)34-6)19-22(8-2)23-15-13-11-14-16-23/h11,13-16,21-22,24-25H,7-10,12,17-20H2,1-6H3,(H2,30,31). The van der Waals surface area contributed by atoms with E-state index in [0.717, 1.165) is 44.1 Å². The Hall–Kier alpha value is -2.37. The van der Waals surface area contributed by atoms with E-state index < -0.39 is 23.2 Å². The second-order valence-electron chi connectivity index (χ2n) is 10.2. The van der Waals surface area contributed by atoms with Crippen molar-refractivity contribution in [3.63, 3.8) is 0 Å². The molecule has 0 heterocycles. The van der Waals surface area contributed by atoms with Crippen LogP contribution in [0.5, 0.6) is 0 Å². The Bertz CT molecular complexity index is 781. The van der Waals surface area contributed by atoms with Crippen molar-refractivity contribution in [3.8, 4) is 0 Å². The third-order valence-electron chi connectivity index (χ3n) is 7.16. The van der Waals surface area contributed by atoms with E-state index in [1.807, 2.05) is 32.0 Å². The molecule has 0 aliphatic rings. The molecule has 1 rings (SSSR count). The molecule has 5 unspecified atom stereocenters. The number of primary amides is 1. The molecule has 0 radical (unpaired) electrons. The lowest BCUT2D eigenvalue weighted by atomic mass is 9.71. The fourth-order valence-corrected chi connectivity index (χ4v) is 4.84. The Morgan fingerprint density at radius 2 is 1.66 bits per heavy atom. The number of rotatable bonds is 17. The summed E-state index contributed by atoms with van der Waals surface area (Å²) in [7, 11) is 1.38. The van der Waals surface area contributed by atoms with Crippen molar-refractivity contribution in [2.75, 3.05) is 7.11 Å². The Kier molecular flexibility index (Phi) is 13.7. The predicted octanol–water partition coefficient (Wildman–Crippen LogP) is 6.17. The molecule has 6 nitrogen and oxygen atoms in total. The molecule has 0 fully saturated rings. The maximum Gasteiger partial charge on any atom is 0.311 e. The Labute approximate surface area is 212 Å². The molecule has 5 atom stereocenters. The summed E-state index contributed by atoms with van der Waals surface area (Å²) in [5.41, 5.74) is 5.77. The van der Waals surface area contributed by atoms with Crippen LogP contribution in [0.3, 0.4) is 0 Å². The Morgan fingerprint density at radius 1 is 1.00 bits per heavy atom. The molecule has 0 saturated heterocycles. The fraction of sp³-hybridized carbons (Fsp3) is 0.690. The number of ether oxygens (including phenoxy) is 2. The molecule has 0 bridgehead atoms. The second kappa shape index (κ2) is 15.6. The van der Waals surface area contributed by atoms with Crippen LogP contribution >= 0.6 is 0 Å². The topological polar surface area (TPSA) is 95.7 Å². The first-order chi connectivity index (χ1) is 16.6. The maximum atomic E-state index is 13.4. The lowest BCUT2D eigenvalue weighted by molar-refractivity contribution is -0.161. The lowest BCUT2D eigenvalue weighted by Gasteiger charge is -2.34. The van der Waals surface area contributed by atoms with Crippen LogP contribution in [0.1, 0.15) is 104 Å². The van der Waals surface area contributed by atoms with Crippen LogP contribution in [0.15, 0.2) is 30.3 Å². The minimum atomic E-state index is -0.920. The quantitative estimate of drug-likeness (QED) is 0.208. The van der Waals surface area contributed by atoms with Gasteiger partial charge in [0.2, 0.25) is 5.91 Å². The minimum absolute atomic E-state index is 0.128. The van der Waals surface area contributed by atoms with Crippen molar-refractivity contribution in [2.45, 2.75) is 104 Å². The van der Waals surface area contributed by atoms with Gasteiger partial charge in [-0.15, -0.1) is 0 Å². The number of unbranched alkanes of at least 4 members (excludes halogenated alkanes) is 2. The van der Waals surface area contributed by atoms with Gasteiger partial charge >= 0.3 is 11.9 Å². The van der Waals surface area contributed by atoms with Crippen molar-refractivity contribution < 1.29 is 23.9 Å². The Balaban J connectivity index is 3.20. The molecule has 2 N–H and O–H groups in total. The smallest absolute Gasteiger partial charge is 0.311 e. The molecule has 35 heavy (non-hydrogen) atoms. The summed E-state index contributed by atoms with van der Waals surface area (Å²) in [5.74, 6) is -2.19. The summed E-state index contributed by atoms with van der Waals surface area (Å²) in [6.45, 7) is 9.82. The molecule has 0 saturated carbocycles. The van der Waals surface area contributed by atoms with E-state index in [9.17, 15) is 14.4 Å². The van der Waals surface area contributed by atoms with Gasteiger partial charge in [-0.3, -0.25) is 14.4 Å². The summed E-state index contributed by atoms with van der Waals surface area (Å²) < 4.78 is 11.1. The van der Waals surface area contributed by atoms with E-state index in [1.165, 1.54) is 7.11 Å². The number of amides is 1.